The van der Waals surface area contributed by atoms with Crippen LogP contribution in [0.4, 0.5) is 0 Å². The van der Waals surface area contributed by atoms with Crippen LogP contribution in [-0.4, -0.2) is 42.4 Å². The van der Waals surface area contributed by atoms with Crippen molar-refractivity contribution in [2.45, 2.75) is 47.1 Å². The number of rotatable bonds is 5. The summed E-state index contributed by atoms with van der Waals surface area (Å²) < 4.78 is 4.96. The van der Waals surface area contributed by atoms with E-state index in [9.17, 15) is 9.59 Å². The number of likely N-dealkylation sites (tertiary alicyclic amines) is 1. The number of Topliss-reactive ketones (excluding diaryl/α,β-unsaturated/α-hetero) is 1. The van der Waals surface area contributed by atoms with Gasteiger partial charge in [0.2, 0.25) is 0 Å². The molecule has 1 rings (SSSR count). The summed E-state index contributed by atoms with van der Waals surface area (Å²) >= 11 is 0. The van der Waals surface area contributed by atoms with Crippen molar-refractivity contribution in [1.82, 2.24) is 4.90 Å². The lowest BCUT2D eigenvalue weighted by Gasteiger charge is -2.26. The molecule has 0 amide bonds. The maximum atomic E-state index is 12.2. The number of carbonyl (C=O) groups is 2. The highest BCUT2D eigenvalue weighted by molar-refractivity contribution is 6.03. The summed E-state index contributed by atoms with van der Waals surface area (Å²) in [5.74, 6) is 0.148. The largest absolute Gasteiger partial charge is 0.465 e. The van der Waals surface area contributed by atoms with Crippen LogP contribution in [0.5, 0.6) is 0 Å². The van der Waals surface area contributed by atoms with Gasteiger partial charge in [-0.25, -0.2) is 0 Å². The molecule has 104 valence electrons. The molecular weight excluding hydrogens is 230 g/mol. The normalized spacial score (nSPS) is 25.2. The van der Waals surface area contributed by atoms with Crippen LogP contribution in [0.15, 0.2) is 0 Å². The fourth-order valence-electron chi connectivity index (χ4n) is 2.41. The van der Waals surface area contributed by atoms with Crippen LogP contribution in [0, 0.1) is 11.3 Å². The van der Waals surface area contributed by atoms with E-state index >= 15 is 0 Å². The highest BCUT2D eigenvalue weighted by Gasteiger charge is 2.39. The molecule has 0 saturated carbocycles. The average Bonchev–Trinajstić information content (AvgIpc) is 2.57. The monoisotopic (exact) mass is 255 g/mol. The van der Waals surface area contributed by atoms with Crippen LogP contribution in [0.3, 0.4) is 0 Å². The predicted molar refractivity (Wildman–Crippen MR) is 70.2 cm³/mol. The van der Waals surface area contributed by atoms with Crippen LogP contribution < -0.4 is 0 Å². The molecule has 1 aliphatic rings. The topological polar surface area (TPSA) is 46.6 Å². The Morgan fingerprint density at radius 2 is 1.94 bits per heavy atom. The third kappa shape index (κ3) is 3.31. The van der Waals surface area contributed by atoms with Crippen molar-refractivity contribution in [2.75, 3.05) is 19.7 Å². The standard InChI is InChI=1S/C14H25NO3/c1-6-18-13(17)14(4,5)12(16)9-15-8-10(2)7-11(15)3/h10-11H,6-9H2,1-5H3. The number of hydrogen-bond donors (Lipinski definition) is 0. The number of ether oxygens (including phenoxy) is 1. The molecular formula is C14H25NO3. The van der Waals surface area contributed by atoms with Crippen LogP contribution in [0.25, 0.3) is 0 Å². The van der Waals surface area contributed by atoms with E-state index in [1.165, 1.54) is 0 Å². The molecule has 0 aromatic heterocycles. The van der Waals surface area contributed by atoms with E-state index in [1.54, 1.807) is 20.8 Å². The van der Waals surface area contributed by atoms with Gasteiger partial charge >= 0.3 is 5.97 Å². The molecule has 1 saturated heterocycles. The summed E-state index contributed by atoms with van der Waals surface area (Å²) in [5.41, 5.74) is -1.04. The maximum Gasteiger partial charge on any atom is 0.319 e. The molecule has 4 heteroatoms. The van der Waals surface area contributed by atoms with E-state index in [1.807, 2.05) is 0 Å². The van der Waals surface area contributed by atoms with Crippen LogP contribution in [0.2, 0.25) is 0 Å². The van der Waals surface area contributed by atoms with Crippen molar-refractivity contribution in [2.24, 2.45) is 11.3 Å². The first-order valence-corrected chi connectivity index (χ1v) is 6.73. The Morgan fingerprint density at radius 1 is 1.33 bits per heavy atom. The van der Waals surface area contributed by atoms with Crippen molar-refractivity contribution >= 4 is 11.8 Å². The molecule has 0 aromatic carbocycles. The molecule has 1 aliphatic heterocycles. The van der Waals surface area contributed by atoms with Gasteiger partial charge < -0.3 is 4.74 Å². The molecule has 1 heterocycles. The van der Waals surface area contributed by atoms with Gasteiger partial charge in [-0.1, -0.05) is 6.92 Å². The molecule has 2 unspecified atom stereocenters. The first kappa shape index (κ1) is 15.2. The van der Waals surface area contributed by atoms with E-state index in [0.717, 1.165) is 13.0 Å². The highest BCUT2D eigenvalue weighted by atomic mass is 16.5. The summed E-state index contributed by atoms with van der Waals surface area (Å²) in [6, 6.07) is 0.418. The molecule has 0 radical (unpaired) electrons. The van der Waals surface area contributed by atoms with Crippen molar-refractivity contribution in [1.29, 1.82) is 0 Å². The van der Waals surface area contributed by atoms with Crippen molar-refractivity contribution < 1.29 is 14.3 Å². The fourth-order valence-corrected chi connectivity index (χ4v) is 2.41. The van der Waals surface area contributed by atoms with E-state index in [-0.39, 0.29) is 5.78 Å². The Hall–Kier alpha value is -0.900. The zero-order chi connectivity index (χ0) is 13.9. The van der Waals surface area contributed by atoms with Crippen molar-refractivity contribution in [3.8, 4) is 0 Å². The van der Waals surface area contributed by atoms with E-state index in [4.69, 9.17) is 4.74 Å². The van der Waals surface area contributed by atoms with Crippen molar-refractivity contribution in [3.63, 3.8) is 0 Å². The summed E-state index contributed by atoms with van der Waals surface area (Å²) in [7, 11) is 0. The maximum absolute atomic E-state index is 12.2. The van der Waals surface area contributed by atoms with Crippen LogP contribution >= 0.6 is 0 Å². The van der Waals surface area contributed by atoms with Gasteiger partial charge in [0.25, 0.3) is 0 Å². The quantitative estimate of drug-likeness (QED) is 0.556. The first-order chi connectivity index (χ1) is 8.28. The Labute approximate surface area is 110 Å². The summed E-state index contributed by atoms with van der Waals surface area (Å²) in [6.07, 6.45) is 1.12. The summed E-state index contributed by atoms with van der Waals surface area (Å²) in [5, 5.41) is 0. The number of hydrogen-bond acceptors (Lipinski definition) is 4. The molecule has 4 nitrogen and oxygen atoms in total. The Balaban J connectivity index is 2.62. The second-order valence-corrected chi connectivity index (χ2v) is 5.89. The summed E-state index contributed by atoms with van der Waals surface area (Å²) in [4.78, 5) is 26.2. The van der Waals surface area contributed by atoms with Gasteiger partial charge in [0.05, 0.1) is 13.2 Å². The smallest absolute Gasteiger partial charge is 0.319 e. The Kier molecular flexibility index (Phi) is 4.91. The van der Waals surface area contributed by atoms with E-state index in [0.29, 0.717) is 25.1 Å². The second-order valence-electron chi connectivity index (χ2n) is 5.89. The molecule has 0 aliphatic carbocycles. The predicted octanol–water partition coefficient (Wildman–Crippen LogP) is 1.88. The summed E-state index contributed by atoms with van der Waals surface area (Å²) in [6.45, 7) is 11.0. The molecule has 0 aromatic rings. The van der Waals surface area contributed by atoms with Crippen molar-refractivity contribution in [3.05, 3.63) is 0 Å². The zero-order valence-corrected chi connectivity index (χ0v) is 12.2. The van der Waals surface area contributed by atoms with Gasteiger partial charge in [-0.15, -0.1) is 0 Å². The van der Waals surface area contributed by atoms with Crippen LogP contribution in [0.1, 0.15) is 41.0 Å². The van der Waals surface area contributed by atoms with Gasteiger partial charge in [-0.3, -0.25) is 14.5 Å². The number of carbonyl (C=O) groups excluding carboxylic acids is 2. The average molecular weight is 255 g/mol. The molecule has 0 N–H and O–H groups in total. The van der Waals surface area contributed by atoms with Gasteiger partial charge in [-0.2, -0.15) is 0 Å². The van der Waals surface area contributed by atoms with Crippen LogP contribution in [-0.2, 0) is 14.3 Å². The van der Waals surface area contributed by atoms with Gasteiger partial charge in [-0.05, 0) is 40.0 Å². The molecule has 18 heavy (non-hydrogen) atoms. The first-order valence-electron chi connectivity index (χ1n) is 6.73. The minimum atomic E-state index is -1.04. The number of ketones is 1. The third-order valence-corrected chi connectivity index (χ3v) is 3.74. The lowest BCUT2D eigenvalue weighted by molar-refractivity contribution is -0.158. The fraction of sp³-hybridized carbons (Fsp3) is 0.857. The van der Waals surface area contributed by atoms with E-state index < -0.39 is 11.4 Å². The van der Waals surface area contributed by atoms with Gasteiger partial charge in [0.15, 0.2) is 5.78 Å². The molecule has 0 bridgehead atoms. The lowest BCUT2D eigenvalue weighted by Crippen LogP contribution is -2.43. The lowest BCUT2D eigenvalue weighted by atomic mass is 9.87. The number of esters is 1. The molecule has 1 fully saturated rings. The Bertz CT molecular complexity index is 325. The molecule has 2 atom stereocenters. The Morgan fingerprint density at radius 3 is 2.39 bits per heavy atom. The zero-order valence-electron chi connectivity index (χ0n) is 12.2. The minimum Gasteiger partial charge on any atom is -0.465 e. The highest BCUT2D eigenvalue weighted by Crippen LogP contribution is 2.25. The van der Waals surface area contributed by atoms with Gasteiger partial charge in [0.1, 0.15) is 5.41 Å². The third-order valence-electron chi connectivity index (χ3n) is 3.74. The molecule has 0 spiro atoms. The van der Waals surface area contributed by atoms with Gasteiger partial charge in [0, 0.05) is 12.6 Å². The second kappa shape index (κ2) is 5.83. The number of nitrogens with zero attached hydrogens (tertiary/aromatic N) is 1. The SMILES string of the molecule is CCOC(=O)C(C)(C)C(=O)CN1CC(C)CC1C. The minimum absolute atomic E-state index is 0.0538. The van der Waals surface area contributed by atoms with E-state index in [2.05, 4.69) is 18.7 Å².